The van der Waals surface area contributed by atoms with Crippen molar-refractivity contribution in [1.29, 1.82) is 0 Å². The lowest BCUT2D eigenvalue weighted by atomic mass is 9.93. The van der Waals surface area contributed by atoms with E-state index in [4.69, 9.17) is 15.2 Å². The average Bonchev–Trinajstić information content (AvgIpc) is 2.38. The van der Waals surface area contributed by atoms with E-state index in [-0.39, 0.29) is 18.8 Å². The van der Waals surface area contributed by atoms with E-state index in [0.717, 1.165) is 7.11 Å². The fourth-order valence-corrected chi connectivity index (χ4v) is 1.90. The molecule has 0 aromatic heterocycles. The van der Waals surface area contributed by atoms with Gasteiger partial charge in [0.05, 0.1) is 7.11 Å². The van der Waals surface area contributed by atoms with E-state index in [0.29, 0.717) is 12.8 Å². The summed E-state index contributed by atoms with van der Waals surface area (Å²) >= 11 is 0. The molecule has 140 valence electrons. The highest BCUT2D eigenvalue weighted by atomic mass is 16.6. The predicted molar refractivity (Wildman–Crippen MR) is 89.1 cm³/mol. The van der Waals surface area contributed by atoms with Gasteiger partial charge in [0.15, 0.2) is 0 Å². The third kappa shape index (κ3) is 8.29. The lowest BCUT2D eigenvalue weighted by molar-refractivity contribution is -0.170. The van der Waals surface area contributed by atoms with Crippen LogP contribution in [-0.4, -0.2) is 41.8 Å². The highest BCUT2D eigenvalue weighted by Crippen LogP contribution is 2.20. The van der Waals surface area contributed by atoms with E-state index >= 15 is 0 Å². The Morgan fingerprint density at radius 3 is 1.75 bits per heavy atom. The number of nitrogens with two attached hydrogens (primary N) is 1. The van der Waals surface area contributed by atoms with Crippen LogP contribution in [0.4, 0.5) is 0 Å². The normalized spacial score (nSPS) is 14.5. The summed E-state index contributed by atoms with van der Waals surface area (Å²) in [5.74, 6) is -2.02. The maximum absolute atomic E-state index is 12.3. The second-order valence-corrected chi connectivity index (χ2v) is 7.76. The molecule has 0 radical (unpaired) electrons. The lowest BCUT2D eigenvalue weighted by Gasteiger charge is -2.29. The largest absolute Gasteiger partial charge is 0.467 e. The van der Waals surface area contributed by atoms with Crippen molar-refractivity contribution in [3.63, 3.8) is 0 Å². The molecule has 0 aromatic carbocycles. The number of ether oxygens (including phenoxy) is 3. The number of unbranched alkanes of at least 4 members (excludes halogenated alkanes) is 1. The summed E-state index contributed by atoms with van der Waals surface area (Å²) in [5.41, 5.74) is 2.76. The van der Waals surface area contributed by atoms with Gasteiger partial charge >= 0.3 is 17.9 Å². The number of hydrogen-bond donors (Lipinski definition) is 1. The van der Waals surface area contributed by atoms with Crippen LogP contribution in [0.3, 0.4) is 0 Å². The molecule has 0 heterocycles. The summed E-state index contributed by atoms with van der Waals surface area (Å²) in [5, 5.41) is 0. The zero-order valence-electron chi connectivity index (χ0n) is 15.9. The molecule has 24 heavy (non-hydrogen) atoms. The Morgan fingerprint density at radius 2 is 1.33 bits per heavy atom. The van der Waals surface area contributed by atoms with Crippen LogP contribution in [0.1, 0.15) is 67.2 Å². The van der Waals surface area contributed by atoms with Gasteiger partial charge in [-0.1, -0.05) is 0 Å². The number of carbonyl (C=O) groups excluding carboxylic acids is 3. The highest BCUT2D eigenvalue weighted by Gasteiger charge is 2.45. The van der Waals surface area contributed by atoms with Gasteiger partial charge in [-0.05, 0) is 60.8 Å². The molecule has 0 amide bonds. The first kappa shape index (κ1) is 22.4. The monoisotopic (exact) mass is 345 g/mol. The summed E-state index contributed by atoms with van der Waals surface area (Å²) in [6.07, 6.45) is 1.03. The number of esters is 3. The molecule has 7 heteroatoms. The second kappa shape index (κ2) is 8.46. The van der Waals surface area contributed by atoms with Crippen molar-refractivity contribution >= 4 is 17.9 Å². The van der Waals surface area contributed by atoms with Crippen molar-refractivity contribution in [3.8, 4) is 0 Å². The predicted octanol–water partition coefficient (Wildman–Crippen LogP) is 2.10. The zero-order valence-corrected chi connectivity index (χ0v) is 15.9. The molecule has 0 aromatic rings. The average molecular weight is 345 g/mol. The molecular formula is C17H31NO6. The molecule has 1 atom stereocenters. The fourth-order valence-electron chi connectivity index (χ4n) is 1.90. The van der Waals surface area contributed by atoms with E-state index in [1.807, 2.05) is 0 Å². The molecule has 0 bridgehead atoms. The summed E-state index contributed by atoms with van der Waals surface area (Å²) in [6, 6.07) is 0. The quantitative estimate of drug-likeness (QED) is 0.326. The summed E-state index contributed by atoms with van der Waals surface area (Å²) < 4.78 is 15.1. The van der Waals surface area contributed by atoms with Gasteiger partial charge in [-0.25, -0.2) is 9.59 Å². The van der Waals surface area contributed by atoms with Gasteiger partial charge in [-0.3, -0.25) is 4.79 Å². The zero-order chi connectivity index (χ0) is 19.2. The van der Waals surface area contributed by atoms with Gasteiger partial charge in [0.2, 0.25) is 5.54 Å². The van der Waals surface area contributed by atoms with Gasteiger partial charge in [0.1, 0.15) is 11.2 Å². The van der Waals surface area contributed by atoms with E-state index in [1.54, 1.807) is 41.5 Å². The Hall–Kier alpha value is -1.63. The topological polar surface area (TPSA) is 105 Å². The minimum Gasteiger partial charge on any atom is -0.467 e. The molecule has 0 saturated heterocycles. The molecule has 0 aliphatic rings. The Labute approximate surface area is 144 Å². The molecule has 0 aliphatic carbocycles. The molecule has 0 spiro atoms. The van der Waals surface area contributed by atoms with Crippen molar-refractivity contribution in [2.45, 2.75) is 84.0 Å². The first-order valence-electron chi connectivity index (χ1n) is 8.04. The SMILES string of the molecule is COC(=O)[C@@](N)(CCCCC(=O)OC(C)(C)C)C(=O)OC(C)(C)C. The maximum Gasteiger partial charge on any atom is 0.338 e. The highest BCUT2D eigenvalue weighted by molar-refractivity contribution is 6.04. The van der Waals surface area contributed by atoms with Crippen LogP contribution in [0.2, 0.25) is 0 Å². The number of rotatable bonds is 7. The fraction of sp³-hybridized carbons (Fsp3) is 0.824. The summed E-state index contributed by atoms with van der Waals surface area (Å²) in [7, 11) is 1.16. The van der Waals surface area contributed by atoms with Crippen LogP contribution in [0.15, 0.2) is 0 Å². The van der Waals surface area contributed by atoms with Crippen LogP contribution >= 0.6 is 0 Å². The summed E-state index contributed by atoms with van der Waals surface area (Å²) in [6.45, 7) is 10.4. The van der Waals surface area contributed by atoms with E-state index in [2.05, 4.69) is 4.74 Å². The third-order valence-corrected chi connectivity index (χ3v) is 2.93. The molecule has 7 nitrogen and oxygen atoms in total. The van der Waals surface area contributed by atoms with E-state index in [9.17, 15) is 14.4 Å². The van der Waals surface area contributed by atoms with Gasteiger partial charge in [-0.2, -0.15) is 0 Å². The minimum atomic E-state index is -1.88. The van der Waals surface area contributed by atoms with Crippen LogP contribution in [0.5, 0.6) is 0 Å². The Balaban J connectivity index is 4.68. The molecule has 0 saturated carbocycles. The van der Waals surface area contributed by atoms with Crippen LogP contribution in [0, 0.1) is 0 Å². The standard InChI is InChI=1S/C17H31NO6/c1-15(2,3)23-12(19)10-8-9-11-17(18,13(20)22-7)14(21)24-16(4,5)6/h8-11,18H2,1-7H3/t17-/m0/s1. The van der Waals surface area contributed by atoms with Crippen molar-refractivity contribution in [2.75, 3.05) is 7.11 Å². The van der Waals surface area contributed by atoms with Crippen LogP contribution < -0.4 is 5.73 Å². The smallest absolute Gasteiger partial charge is 0.338 e. The molecule has 0 unspecified atom stereocenters. The number of methoxy groups -OCH3 is 1. The molecule has 2 N–H and O–H groups in total. The molecule has 0 fully saturated rings. The molecular weight excluding hydrogens is 314 g/mol. The third-order valence-electron chi connectivity index (χ3n) is 2.93. The van der Waals surface area contributed by atoms with Crippen LogP contribution in [0.25, 0.3) is 0 Å². The van der Waals surface area contributed by atoms with Gasteiger partial charge in [0.25, 0.3) is 0 Å². The van der Waals surface area contributed by atoms with Crippen LogP contribution in [-0.2, 0) is 28.6 Å². The number of carbonyl (C=O) groups is 3. The van der Waals surface area contributed by atoms with Gasteiger partial charge in [0, 0.05) is 6.42 Å². The molecule has 0 aliphatic heterocycles. The van der Waals surface area contributed by atoms with Gasteiger partial charge in [-0.15, -0.1) is 0 Å². The van der Waals surface area contributed by atoms with Crippen molar-refractivity contribution in [2.24, 2.45) is 5.73 Å². The van der Waals surface area contributed by atoms with Crippen molar-refractivity contribution in [3.05, 3.63) is 0 Å². The first-order chi connectivity index (χ1) is 10.7. The number of hydrogen-bond acceptors (Lipinski definition) is 7. The van der Waals surface area contributed by atoms with E-state index < -0.39 is 28.7 Å². The van der Waals surface area contributed by atoms with Crippen molar-refractivity contribution in [1.82, 2.24) is 0 Å². The maximum atomic E-state index is 12.3. The first-order valence-corrected chi connectivity index (χ1v) is 8.04. The summed E-state index contributed by atoms with van der Waals surface area (Å²) in [4.78, 5) is 35.9. The minimum absolute atomic E-state index is 0.0252. The van der Waals surface area contributed by atoms with Gasteiger partial charge < -0.3 is 19.9 Å². The van der Waals surface area contributed by atoms with E-state index in [1.165, 1.54) is 0 Å². The lowest BCUT2D eigenvalue weighted by Crippen LogP contribution is -2.57. The Kier molecular flexibility index (Phi) is 7.89. The Morgan fingerprint density at radius 1 is 0.833 bits per heavy atom. The Bertz CT molecular complexity index is 461. The molecule has 0 rings (SSSR count). The van der Waals surface area contributed by atoms with Crippen molar-refractivity contribution < 1.29 is 28.6 Å². The second-order valence-electron chi connectivity index (χ2n) is 7.76.